The zero-order valence-electron chi connectivity index (χ0n) is 17.9. The molecule has 0 bridgehead atoms. The number of carbonyl (C=O) groups is 1. The van der Waals surface area contributed by atoms with Crippen LogP contribution in [-0.2, 0) is 24.7 Å². The van der Waals surface area contributed by atoms with Gasteiger partial charge in [0.2, 0.25) is 10.0 Å². The Morgan fingerprint density at radius 2 is 1.74 bits per heavy atom. The summed E-state index contributed by atoms with van der Waals surface area (Å²) in [6.45, 7) is 5.29. The summed E-state index contributed by atoms with van der Waals surface area (Å²) in [6.07, 6.45) is -0.0280. The van der Waals surface area contributed by atoms with E-state index in [-0.39, 0.29) is 30.8 Å². The van der Waals surface area contributed by atoms with E-state index in [1.54, 1.807) is 38.4 Å². The Labute approximate surface area is 184 Å². The summed E-state index contributed by atoms with van der Waals surface area (Å²) in [5.41, 5.74) is 0.848. The second kappa shape index (κ2) is 9.99. The van der Waals surface area contributed by atoms with Crippen LogP contribution in [0.1, 0.15) is 33.6 Å². The fourth-order valence-corrected chi connectivity index (χ4v) is 6.64. The summed E-state index contributed by atoms with van der Waals surface area (Å²) >= 11 is 0. The van der Waals surface area contributed by atoms with Gasteiger partial charge in [-0.25, -0.2) is 26.6 Å². The SMILES string of the molecule is CC#CCNc1ccc(S(=O)(=O)CC2(C(=O)NO)CCN(S(=O)(=O)C(C)C)CC2)cc1. The maximum Gasteiger partial charge on any atom is 0.250 e. The standard InChI is InChI=1S/C20H29N3O6S2/c1-4-5-12-21-17-6-8-18(9-7-17)30(26,27)15-20(19(24)22-25)10-13-23(14-11-20)31(28,29)16(2)3/h6-9,16,21,25H,10-15H2,1-3H3,(H,22,24). The zero-order chi connectivity index (χ0) is 23.3. The number of nitrogens with zero attached hydrogens (tertiary/aromatic N) is 1. The van der Waals surface area contributed by atoms with Crippen LogP contribution in [-0.4, -0.2) is 62.9 Å². The van der Waals surface area contributed by atoms with E-state index >= 15 is 0 Å². The molecule has 1 heterocycles. The van der Waals surface area contributed by atoms with Gasteiger partial charge < -0.3 is 5.32 Å². The van der Waals surface area contributed by atoms with E-state index in [9.17, 15) is 26.8 Å². The molecule has 0 saturated carbocycles. The maximum atomic E-state index is 13.0. The number of hydrogen-bond donors (Lipinski definition) is 3. The molecule has 2 rings (SSSR count). The van der Waals surface area contributed by atoms with E-state index in [0.717, 1.165) is 0 Å². The Morgan fingerprint density at radius 1 is 1.16 bits per heavy atom. The van der Waals surface area contributed by atoms with Gasteiger partial charge in [-0.05, 0) is 57.9 Å². The summed E-state index contributed by atoms with van der Waals surface area (Å²) in [4.78, 5) is 12.5. The van der Waals surface area contributed by atoms with E-state index in [4.69, 9.17) is 0 Å². The van der Waals surface area contributed by atoms with Gasteiger partial charge in [0.15, 0.2) is 9.84 Å². The van der Waals surface area contributed by atoms with Crippen LogP contribution in [0.25, 0.3) is 0 Å². The fourth-order valence-electron chi connectivity index (χ4n) is 3.48. The van der Waals surface area contributed by atoms with E-state index in [1.807, 2.05) is 0 Å². The first-order chi connectivity index (χ1) is 14.5. The third-order valence-corrected chi connectivity index (χ3v) is 9.66. The predicted molar refractivity (Wildman–Crippen MR) is 118 cm³/mol. The molecular formula is C20H29N3O6S2. The Hall–Kier alpha value is -2.13. The van der Waals surface area contributed by atoms with Crippen molar-refractivity contribution >= 4 is 31.5 Å². The number of rotatable bonds is 8. The van der Waals surface area contributed by atoms with Crippen LogP contribution >= 0.6 is 0 Å². The largest absolute Gasteiger partial charge is 0.374 e. The number of hydroxylamine groups is 1. The Balaban J connectivity index is 2.22. The maximum absolute atomic E-state index is 13.0. The van der Waals surface area contributed by atoms with Crippen molar-refractivity contribution in [3.63, 3.8) is 0 Å². The zero-order valence-corrected chi connectivity index (χ0v) is 19.5. The highest BCUT2D eigenvalue weighted by molar-refractivity contribution is 7.91. The molecule has 1 aromatic rings. The third kappa shape index (κ3) is 5.77. The molecule has 3 N–H and O–H groups in total. The Morgan fingerprint density at radius 3 is 2.23 bits per heavy atom. The van der Waals surface area contributed by atoms with Crippen molar-refractivity contribution in [1.29, 1.82) is 0 Å². The third-order valence-electron chi connectivity index (χ3n) is 5.46. The monoisotopic (exact) mass is 471 g/mol. The summed E-state index contributed by atoms with van der Waals surface area (Å²) in [7, 11) is -7.40. The number of anilines is 1. The first-order valence-corrected chi connectivity index (χ1v) is 13.0. The molecule has 0 spiro atoms. The lowest BCUT2D eigenvalue weighted by Crippen LogP contribution is -2.53. The Bertz CT molecular complexity index is 1050. The highest BCUT2D eigenvalue weighted by atomic mass is 32.2. The van der Waals surface area contributed by atoms with Gasteiger partial charge in [-0.1, -0.05) is 5.92 Å². The highest BCUT2D eigenvalue weighted by Gasteiger charge is 2.47. The van der Waals surface area contributed by atoms with Gasteiger partial charge in [0.05, 0.1) is 27.9 Å². The van der Waals surface area contributed by atoms with E-state index < -0.39 is 42.2 Å². The highest BCUT2D eigenvalue weighted by Crippen LogP contribution is 2.36. The van der Waals surface area contributed by atoms with E-state index in [2.05, 4.69) is 17.2 Å². The minimum absolute atomic E-state index is 0.00474. The molecule has 172 valence electrons. The van der Waals surface area contributed by atoms with Crippen molar-refractivity contribution in [2.75, 3.05) is 30.7 Å². The molecule has 11 heteroatoms. The lowest BCUT2D eigenvalue weighted by molar-refractivity contribution is -0.140. The lowest BCUT2D eigenvalue weighted by atomic mass is 9.80. The van der Waals surface area contributed by atoms with Crippen LogP contribution in [0.3, 0.4) is 0 Å². The molecule has 31 heavy (non-hydrogen) atoms. The minimum atomic E-state index is -3.88. The van der Waals surface area contributed by atoms with E-state index in [0.29, 0.717) is 12.2 Å². The molecule has 0 aromatic heterocycles. The topological polar surface area (TPSA) is 133 Å². The number of carbonyl (C=O) groups excluding carboxylic acids is 1. The molecule has 1 amide bonds. The van der Waals surface area contributed by atoms with Crippen molar-refractivity contribution in [2.24, 2.45) is 5.41 Å². The van der Waals surface area contributed by atoms with E-state index in [1.165, 1.54) is 16.4 Å². The number of hydrogen-bond acceptors (Lipinski definition) is 7. The van der Waals surface area contributed by atoms with Gasteiger partial charge >= 0.3 is 0 Å². The lowest BCUT2D eigenvalue weighted by Gasteiger charge is -2.39. The molecule has 1 fully saturated rings. The molecule has 1 saturated heterocycles. The van der Waals surface area contributed by atoms with Gasteiger partial charge in [0.1, 0.15) is 0 Å². The van der Waals surface area contributed by atoms with Crippen LogP contribution in [0, 0.1) is 17.3 Å². The van der Waals surface area contributed by atoms with Crippen LogP contribution in [0.4, 0.5) is 5.69 Å². The van der Waals surface area contributed by atoms with Crippen LogP contribution in [0.15, 0.2) is 29.2 Å². The average molecular weight is 472 g/mol. The molecule has 1 aromatic carbocycles. The quantitative estimate of drug-likeness (QED) is 0.295. The molecule has 9 nitrogen and oxygen atoms in total. The van der Waals surface area contributed by atoms with Crippen LogP contribution < -0.4 is 10.8 Å². The van der Waals surface area contributed by atoms with Gasteiger partial charge in [-0.15, -0.1) is 5.92 Å². The van der Waals surface area contributed by atoms with Gasteiger partial charge in [0, 0.05) is 18.8 Å². The van der Waals surface area contributed by atoms with Crippen molar-refractivity contribution < 1.29 is 26.8 Å². The smallest absolute Gasteiger partial charge is 0.250 e. The van der Waals surface area contributed by atoms with Crippen LogP contribution in [0.2, 0.25) is 0 Å². The molecule has 1 aliphatic rings. The predicted octanol–water partition coefficient (Wildman–Crippen LogP) is 1.22. The van der Waals surface area contributed by atoms with Gasteiger partial charge in [-0.3, -0.25) is 10.0 Å². The molecule has 0 radical (unpaired) electrons. The first-order valence-electron chi connectivity index (χ1n) is 9.88. The number of benzene rings is 1. The molecule has 0 unspecified atom stereocenters. The number of sulfonamides is 1. The van der Waals surface area contributed by atoms with Crippen molar-refractivity contribution in [1.82, 2.24) is 9.79 Å². The second-order valence-corrected chi connectivity index (χ2v) is 12.3. The number of sulfone groups is 1. The summed E-state index contributed by atoms with van der Waals surface area (Å²) in [6, 6.07) is 6.11. The van der Waals surface area contributed by atoms with Crippen LogP contribution in [0.5, 0.6) is 0 Å². The number of nitrogens with one attached hydrogen (secondary N) is 2. The number of piperidine rings is 1. The summed E-state index contributed by atoms with van der Waals surface area (Å²) < 4.78 is 52.2. The average Bonchev–Trinajstić information content (AvgIpc) is 2.73. The Kier molecular flexibility index (Phi) is 8.10. The minimum Gasteiger partial charge on any atom is -0.374 e. The van der Waals surface area contributed by atoms with Gasteiger partial charge in [-0.2, -0.15) is 0 Å². The fraction of sp³-hybridized carbons (Fsp3) is 0.550. The molecule has 0 atom stereocenters. The summed E-state index contributed by atoms with van der Waals surface area (Å²) in [5, 5.41) is 11.6. The normalized spacial score (nSPS) is 16.9. The molecule has 0 aliphatic carbocycles. The van der Waals surface area contributed by atoms with Gasteiger partial charge in [0.25, 0.3) is 5.91 Å². The summed E-state index contributed by atoms with van der Waals surface area (Å²) in [5.74, 6) is 4.24. The van der Waals surface area contributed by atoms with Crippen molar-refractivity contribution in [3.8, 4) is 11.8 Å². The molecular weight excluding hydrogens is 442 g/mol. The molecule has 1 aliphatic heterocycles. The number of amides is 1. The van der Waals surface area contributed by atoms with Crippen molar-refractivity contribution in [3.05, 3.63) is 24.3 Å². The first kappa shape index (κ1) is 25.1. The van der Waals surface area contributed by atoms with Crippen molar-refractivity contribution in [2.45, 2.75) is 43.8 Å². The second-order valence-electron chi connectivity index (χ2n) is 7.78.